The Balaban J connectivity index is 1.10. The van der Waals surface area contributed by atoms with Crippen molar-refractivity contribution in [2.45, 2.75) is 42.5 Å². The first-order valence-corrected chi connectivity index (χ1v) is 24.3. The molecular weight excluding hydrogens is 961 g/mol. The van der Waals surface area contributed by atoms with Gasteiger partial charge in [-0.15, -0.1) is 0 Å². The first-order chi connectivity index (χ1) is 36.1. The lowest BCUT2D eigenvalue weighted by molar-refractivity contribution is -0.212. The van der Waals surface area contributed by atoms with Crippen LogP contribution in [0.4, 0.5) is 0 Å². The Hall–Kier alpha value is -9.05. The minimum Gasteiger partial charge on any atom is -0.508 e. The van der Waals surface area contributed by atoms with E-state index in [9.17, 15) is 51.1 Å². The Bertz CT molecular complexity index is 3510. The van der Waals surface area contributed by atoms with Gasteiger partial charge < -0.3 is 70.0 Å². The molecule has 0 aromatic heterocycles. The van der Waals surface area contributed by atoms with Crippen LogP contribution in [0.5, 0.6) is 69.0 Å². The van der Waals surface area contributed by atoms with E-state index in [0.717, 1.165) is 6.07 Å². The van der Waals surface area contributed by atoms with E-state index >= 15 is 4.79 Å². The number of fused-ring (bicyclic) bond motifs is 6. The molecule has 0 spiro atoms. The van der Waals surface area contributed by atoms with Crippen LogP contribution in [-0.4, -0.2) is 56.8 Å². The maximum absolute atomic E-state index is 15.2. The largest absolute Gasteiger partial charge is 0.508 e. The van der Waals surface area contributed by atoms with Gasteiger partial charge in [-0.3, -0.25) is 4.79 Å². The Morgan fingerprint density at radius 2 is 0.987 bits per heavy atom. The minimum absolute atomic E-state index is 0.00808. The lowest BCUT2D eigenvalue weighted by Gasteiger charge is -2.47. The highest BCUT2D eigenvalue weighted by atomic mass is 16.7. The second-order valence-corrected chi connectivity index (χ2v) is 19.7. The molecule has 0 bridgehead atoms. The molecule has 0 radical (unpaired) electrons. The summed E-state index contributed by atoms with van der Waals surface area (Å²) < 4.78 is 28.6. The van der Waals surface area contributed by atoms with Gasteiger partial charge in [0.05, 0.1) is 35.7 Å². The Kier molecular flexibility index (Phi) is 11.2. The number of aromatic hydroxyl groups is 10. The zero-order valence-electron chi connectivity index (χ0n) is 39.5. The average Bonchev–Trinajstić information content (AvgIpc) is 3.95. The molecular formula is C60H48O15. The highest BCUT2D eigenvalue weighted by molar-refractivity contribution is 6.01. The summed E-state index contributed by atoms with van der Waals surface area (Å²) in [6.07, 6.45) is -3.78. The monoisotopic (exact) mass is 1010 g/mol. The lowest BCUT2D eigenvalue weighted by Crippen LogP contribution is -2.48. The third-order valence-corrected chi connectivity index (χ3v) is 15.3. The van der Waals surface area contributed by atoms with Crippen molar-refractivity contribution >= 4 is 5.78 Å². The highest BCUT2D eigenvalue weighted by Crippen LogP contribution is 2.70. The minimum atomic E-state index is -1.80. The van der Waals surface area contributed by atoms with Gasteiger partial charge in [-0.2, -0.15) is 0 Å². The zero-order chi connectivity index (χ0) is 52.0. The highest BCUT2D eigenvalue weighted by Gasteiger charge is 2.68. The average molecular weight is 1010 g/mol. The molecule has 0 saturated carbocycles. The fourth-order valence-corrected chi connectivity index (χ4v) is 12.0. The number of phenolic OH excluding ortho intramolecular Hbond substituents is 10. The zero-order valence-corrected chi connectivity index (χ0v) is 39.5. The third-order valence-electron chi connectivity index (χ3n) is 15.3. The van der Waals surface area contributed by atoms with Crippen molar-refractivity contribution < 1.29 is 74.8 Å². The van der Waals surface area contributed by atoms with E-state index in [1.54, 1.807) is 66.7 Å². The molecule has 2 fully saturated rings. The van der Waals surface area contributed by atoms with E-state index in [1.165, 1.54) is 91.0 Å². The van der Waals surface area contributed by atoms with E-state index in [0.29, 0.717) is 44.7 Å². The van der Waals surface area contributed by atoms with Crippen molar-refractivity contribution in [3.63, 3.8) is 0 Å². The molecule has 4 aliphatic rings. The van der Waals surface area contributed by atoms with Crippen LogP contribution in [0.1, 0.15) is 85.2 Å². The summed E-state index contributed by atoms with van der Waals surface area (Å²) in [6, 6.07) is 41.2. The van der Waals surface area contributed by atoms with E-state index in [4.69, 9.17) is 18.9 Å². The van der Waals surface area contributed by atoms with Crippen LogP contribution in [0.25, 0.3) is 0 Å². The number of ketones is 1. The Morgan fingerprint density at radius 1 is 0.453 bits per heavy atom. The number of benzene rings is 8. The van der Waals surface area contributed by atoms with Crippen molar-refractivity contribution in [2.24, 2.45) is 23.7 Å². The van der Waals surface area contributed by atoms with Gasteiger partial charge in [0.15, 0.2) is 5.78 Å². The normalized spacial score (nSPS) is 25.2. The predicted molar refractivity (Wildman–Crippen MR) is 268 cm³/mol. The maximum Gasteiger partial charge on any atom is 0.242 e. The number of carbonyl (C=O) groups is 1. The summed E-state index contributed by atoms with van der Waals surface area (Å²) in [6.45, 7) is 0. The standard InChI is InChI=1S/C60H48O15/c61-33-9-1-29(2-10-33)23-45-52(55(71)41-21-18-38(66)25-47(41)69)56(30-3-11-34(62)12-4-30)73-58(45)43-27-44-50(28-48(43)70)74-60(32-7-15-36(64)16-8-32)54(51(44)40-20-17-37(65)24-46(40)68)53-57(31-5-13-35(63)14-6-31)72-49-26-39(67)19-22-42(49)59(53)75-60/h1-22,24-28,45,51-54,56-59,61-70H,23H2/t45-,51-,52+,53-,54-,56+,57+,58-,59-,60+/m0/s1. The lowest BCUT2D eigenvalue weighted by atomic mass is 9.64. The summed E-state index contributed by atoms with van der Waals surface area (Å²) in [7, 11) is 0. The Morgan fingerprint density at radius 3 is 1.61 bits per heavy atom. The smallest absolute Gasteiger partial charge is 0.242 e. The summed E-state index contributed by atoms with van der Waals surface area (Å²) >= 11 is 0. The molecule has 75 heavy (non-hydrogen) atoms. The van der Waals surface area contributed by atoms with Crippen LogP contribution in [-0.2, 0) is 21.7 Å². The van der Waals surface area contributed by atoms with Gasteiger partial charge in [-0.1, -0.05) is 42.5 Å². The molecule has 4 aliphatic heterocycles. The number of hydrogen-bond acceptors (Lipinski definition) is 15. The molecule has 0 amide bonds. The van der Waals surface area contributed by atoms with Crippen LogP contribution in [0, 0.1) is 23.7 Å². The van der Waals surface area contributed by atoms with Gasteiger partial charge in [-0.25, -0.2) is 0 Å². The predicted octanol–water partition coefficient (Wildman–Crippen LogP) is 10.4. The fraction of sp³-hybridized carbons (Fsp3) is 0.183. The van der Waals surface area contributed by atoms with Crippen molar-refractivity contribution in [3.05, 3.63) is 214 Å². The second kappa shape index (κ2) is 17.9. The molecule has 10 atom stereocenters. The van der Waals surface area contributed by atoms with Gasteiger partial charge >= 0.3 is 0 Å². The summed E-state index contributed by atoms with van der Waals surface area (Å²) in [5.41, 5.74) is 3.69. The first-order valence-electron chi connectivity index (χ1n) is 24.3. The first kappa shape index (κ1) is 47.0. The van der Waals surface area contributed by atoms with Crippen molar-refractivity contribution in [2.75, 3.05) is 0 Å². The summed E-state index contributed by atoms with van der Waals surface area (Å²) in [5, 5.41) is 110. The molecule has 4 heterocycles. The third kappa shape index (κ3) is 7.95. The molecule has 0 aliphatic carbocycles. The van der Waals surface area contributed by atoms with E-state index in [1.807, 2.05) is 0 Å². The van der Waals surface area contributed by atoms with Crippen LogP contribution in [0.2, 0.25) is 0 Å². The van der Waals surface area contributed by atoms with Crippen LogP contribution < -0.4 is 9.47 Å². The van der Waals surface area contributed by atoms with Crippen molar-refractivity contribution in [1.29, 1.82) is 0 Å². The molecule has 15 heteroatoms. The van der Waals surface area contributed by atoms with Gasteiger partial charge in [0.25, 0.3) is 0 Å². The molecule has 8 aromatic carbocycles. The van der Waals surface area contributed by atoms with E-state index in [-0.39, 0.29) is 75.0 Å². The number of ether oxygens (including phenoxy) is 4. The number of rotatable bonds is 9. The number of Topliss-reactive ketones (excluding diaryl/α,β-unsaturated/α-hetero) is 1. The number of hydrogen-bond donors (Lipinski definition) is 10. The van der Waals surface area contributed by atoms with E-state index in [2.05, 4.69) is 0 Å². The quantitative estimate of drug-likeness (QED) is 0.0604. The molecule has 2 saturated heterocycles. The van der Waals surface area contributed by atoms with Crippen LogP contribution in [0.3, 0.4) is 0 Å². The summed E-state index contributed by atoms with van der Waals surface area (Å²) in [4.78, 5) is 15.2. The van der Waals surface area contributed by atoms with Gasteiger partial charge in [0.2, 0.25) is 5.79 Å². The van der Waals surface area contributed by atoms with Crippen LogP contribution in [0.15, 0.2) is 164 Å². The van der Waals surface area contributed by atoms with Gasteiger partial charge in [-0.05, 0) is 120 Å². The molecule has 15 nitrogen and oxygen atoms in total. The Labute approximate surface area is 428 Å². The number of carbonyl (C=O) groups excluding carboxylic acids is 1. The molecule has 378 valence electrons. The van der Waals surface area contributed by atoms with Gasteiger partial charge in [0.1, 0.15) is 75.1 Å². The van der Waals surface area contributed by atoms with Crippen molar-refractivity contribution in [1.82, 2.24) is 0 Å². The molecule has 12 rings (SSSR count). The molecule has 0 unspecified atom stereocenters. The van der Waals surface area contributed by atoms with Crippen LogP contribution >= 0.6 is 0 Å². The number of phenols is 10. The molecule has 10 N–H and O–H groups in total. The SMILES string of the molecule is O=C(c1ccc(O)cc1O)[C@H]1[C@H](Cc2ccc(O)cc2)[C@H](c2cc3c(cc2O)O[C@]2(c4ccc(O)cc4)O[C@H]4c5ccc(O)cc5O[C@H](c5ccc(O)cc5)[C@@H]4[C@@H]2[C@H]3c2ccc(O)cc2O)O[C@@H]1c1ccc(O)cc1. The fourth-order valence-electron chi connectivity index (χ4n) is 12.0. The van der Waals surface area contributed by atoms with Crippen molar-refractivity contribution in [3.8, 4) is 69.0 Å². The van der Waals surface area contributed by atoms with Gasteiger partial charge in [0, 0.05) is 69.8 Å². The second-order valence-electron chi connectivity index (χ2n) is 19.7. The summed E-state index contributed by atoms with van der Waals surface area (Å²) in [5.74, 6) is -8.08. The maximum atomic E-state index is 15.2. The topological polar surface area (TPSA) is 256 Å². The molecule has 8 aromatic rings. The van der Waals surface area contributed by atoms with E-state index < -0.39 is 71.3 Å².